The lowest BCUT2D eigenvalue weighted by Crippen LogP contribution is -2.50. The number of aromatic nitrogens is 6. The zero-order valence-electron chi connectivity index (χ0n) is 27.3. The summed E-state index contributed by atoms with van der Waals surface area (Å²) in [5.74, 6) is -1.34. The standard InChI is InChI=1S/C26H39FN8O9P2S2Si/c1-26(2,3)49(4,5)44-19-17-10-40-45(37,47)42-16-7-14(32-21-15(27)8-29-11-30-21)6-13(16)9-39-46(38,48)43-20(19)24(41-17)35-12-31-18-22(35)33-25(28)34-23(18)36/h8,11-14,16-17,19-20,24H,6-7,9-10H2,1-5H3,(H,37,47)(H,38,48)(H,29,30,32)(H3,28,33,34,36)/t13-,14-,16+,17-,19-,20-,24-,45-,46+/m1/s1. The Bertz CT molecular complexity index is 1870. The molecule has 3 aromatic rings. The molecule has 2 saturated heterocycles. The number of H-pyrrole nitrogens is 1. The van der Waals surface area contributed by atoms with E-state index in [1.165, 1.54) is 17.2 Å². The number of rotatable bonds is 5. The van der Waals surface area contributed by atoms with E-state index in [9.17, 15) is 18.3 Å². The van der Waals surface area contributed by atoms with Crippen LogP contribution in [0, 0.1) is 11.7 Å². The van der Waals surface area contributed by atoms with E-state index >= 15 is 0 Å². The van der Waals surface area contributed by atoms with E-state index < -0.39 is 75.9 Å². The monoisotopic (exact) mass is 780 g/mol. The molecule has 4 N–H and O–H groups in total. The average Bonchev–Trinajstić information content (AvgIpc) is 3.66. The van der Waals surface area contributed by atoms with E-state index in [-0.39, 0.29) is 47.6 Å². The van der Waals surface area contributed by atoms with Crippen LogP contribution in [-0.2, 0) is 36.4 Å². The van der Waals surface area contributed by atoms with E-state index in [1.807, 2.05) is 33.9 Å². The molecule has 0 aromatic carbocycles. The number of fused-ring (bicyclic) bond motifs is 4. The molecular formula is C26H39FN8O9P2S2Si. The number of aromatic amines is 1. The second-order valence-corrected chi connectivity index (χ2v) is 24.2. The van der Waals surface area contributed by atoms with Crippen molar-refractivity contribution in [3.63, 3.8) is 0 Å². The van der Waals surface area contributed by atoms with Crippen molar-refractivity contribution >= 4 is 69.3 Å². The number of hydrogen-bond donors (Lipinski definition) is 5. The van der Waals surface area contributed by atoms with Gasteiger partial charge in [-0.1, -0.05) is 45.3 Å². The average molecular weight is 781 g/mol. The Morgan fingerprint density at radius 2 is 1.84 bits per heavy atom. The molecule has 2 bridgehead atoms. The second kappa shape index (κ2) is 13.6. The third-order valence-corrected chi connectivity index (χ3v) is 17.0. The molecule has 9 atom stereocenters. The van der Waals surface area contributed by atoms with Gasteiger partial charge in [0.25, 0.3) is 5.56 Å². The third kappa shape index (κ3) is 7.96. The maximum atomic E-state index is 14.3. The van der Waals surface area contributed by atoms with Gasteiger partial charge in [0, 0.05) is 12.0 Å². The number of imidazole rings is 1. The number of anilines is 2. The number of nitrogens with zero attached hydrogens (tertiary/aromatic N) is 5. The smallest absolute Gasteiger partial charge is 0.386 e. The number of thiol groups is 2. The van der Waals surface area contributed by atoms with Crippen LogP contribution in [0.5, 0.6) is 0 Å². The molecule has 6 rings (SSSR count). The quantitative estimate of drug-likeness (QED) is 0.135. The molecule has 0 radical (unpaired) electrons. The third-order valence-electron chi connectivity index (χ3n) is 9.26. The van der Waals surface area contributed by atoms with Crippen LogP contribution in [0.15, 0.2) is 23.6 Å². The molecule has 0 unspecified atom stereocenters. The van der Waals surface area contributed by atoms with Gasteiger partial charge >= 0.3 is 13.6 Å². The maximum Gasteiger partial charge on any atom is 0.386 e. The van der Waals surface area contributed by atoms with E-state index in [0.29, 0.717) is 6.42 Å². The zero-order valence-corrected chi connectivity index (χ0v) is 31.8. The summed E-state index contributed by atoms with van der Waals surface area (Å²) in [6.07, 6.45) is -0.965. The topological polar surface area (TPSA) is 217 Å². The summed E-state index contributed by atoms with van der Waals surface area (Å²) in [7, 11) is -2.62. The minimum absolute atomic E-state index is 0.0129. The van der Waals surface area contributed by atoms with Gasteiger partial charge in [-0.25, -0.2) is 28.5 Å². The van der Waals surface area contributed by atoms with E-state index in [1.54, 1.807) is 0 Å². The molecule has 1 aliphatic carbocycles. The van der Waals surface area contributed by atoms with Crippen molar-refractivity contribution in [2.45, 2.75) is 88.4 Å². The molecule has 3 fully saturated rings. The number of nitrogen functional groups attached to an aromatic ring is 1. The molecule has 49 heavy (non-hydrogen) atoms. The minimum atomic E-state index is -4.22. The van der Waals surface area contributed by atoms with Crippen molar-refractivity contribution in [1.29, 1.82) is 0 Å². The van der Waals surface area contributed by atoms with E-state index in [4.69, 9.17) is 33.0 Å². The van der Waals surface area contributed by atoms with Gasteiger partial charge in [-0.15, -0.1) is 0 Å². The molecule has 23 heteroatoms. The van der Waals surface area contributed by atoms with Gasteiger partial charge in [0.05, 0.1) is 31.8 Å². The predicted octanol–water partition coefficient (Wildman–Crippen LogP) is 4.70. The highest BCUT2D eigenvalue weighted by atomic mass is 32.7. The van der Waals surface area contributed by atoms with Crippen LogP contribution >= 0.6 is 38.1 Å². The van der Waals surface area contributed by atoms with E-state index in [0.717, 1.165) is 6.20 Å². The van der Waals surface area contributed by atoms with Crippen LogP contribution in [0.3, 0.4) is 0 Å². The second-order valence-electron chi connectivity index (χ2n) is 13.7. The number of halogens is 1. The lowest BCUT2D eigenvalue weighted by Gasteiger charge is -2.40. The summed E-state index contributed by atoms with van der Waals surface area (Å²) in [6.45, 7) is 1.30. The van der Waals surface area contributed by atoms with Crippen molar-refractivity contribution in [1.82, 2.24) is 29.5 Å². The predicted molar refractivity (Wildman–Crippen MR) is 186 cm³/mol. The van der Waals surface area contributed by atoms with Crippen LogP contribution in [-0.4, -0.2) is 81.5 Å². The number of hydrogen-bond acceptors (Lipinski definition) is 15. The van der Waals surface area contributed by atoms with Gasteiger partial charge in [-0.3, -0.25) is 27.9 Å². The molecule has 1 saturated carbocycles. The van der Waals surface area contributed by atoms with Gasteiger partial charge in [0.15, 0.2) is 37.3 Å². The molecule has 0 spiro atoms. The van der Waals surface area contributed by atoms with Gasteiger partial charge in [0.2, 0.25) is 5.95 Å². The summed E-state index contributed by atoms with van der Waals surface area (Å²) >= 11 is 8.62. The first-order chi connectivity index (χ1) is 22.8. The summed E-state index contributed by atoms with van der Waals surface area (Å²) < 4.78 is 80.6. The summed E-state index contributed by atoms with van der Waals surface area (Å²) in [6, 6.07) is -0.395. The Morgan fingerprint density at radius 1 is 1.12 bits per heavy atom. The van der Waals surface area contributed by atoms with Crippen molar-refractivity contribution in [2.24, 2.45) is 5.92 Å². The molecule has 5 heterocycles. The van der Waals surface area contributed by atoms with Gasteiger partial charge in [-0.05, 0) is 31.0 Å². The van der Waals surface area contributed by atoms with Crippen molar-refractivity contribution < 1.29 is 40.8 Å². The van der Waals surface area contributed by atoms with Crippen LogP contribution in [0.1, 0.15) is 39.8 Å². The highest BCUT2D eigenvalue weighted by molar-refractivity contribution is 8.44. The van der Waals surface area contributed by atoms with Crippen LogP contribution in [0.2, 0.25) is 18.1 Å². The lowest BCUT2D eigenvalue weighted by atomic mass is 10.1. The largest absolute Gasteiger partial charge is 0.408 e. The fourth-order valence-corrected chi connectivity index (χ4v) is 10.2. The summed E-state index contributed by atoms with van der Waals surface area (Å²) in [5.41, 5.74) is 5.32. The Balaban J connectivity index is 1.36. The summed E-state index contributed by atoms with van der Waals surface area (Å²) in [5, 5.41) is 2.73. The highest BCUT2D eigenvalue weighted by Crippen LogP contribution is 2.61. The molecule has 0 amide bonds. The molecule has 3 aliphatic rings. The van der Waals surface area contributed by atoms with Crippen LogP contribution < -0.4 is 16.6 Å². The van der Waals surface area contributed by atoms with Crippen molar-refractivity contribution in [2.75, 3.05) is 24.3 Å². The fourth-order valence-electron chi connectivity index (χ4n) is 5.83. The molecular weight excluding hydrogens is 741 g/mol. The first-order valence-electron chi connectivity index (χ1n) is 15.4. The van der Waals surface area contributed by atoms with Gasteiger partial charge in [0.1, 0.15) is 24.6 Å². The highest BCUT2D eigenvalue weighted by Gasteiger charge is 2.55. The molecule has 17 nitrogen and oxygen atoms in total. The van der Waals surface area contributed by atoms with Crippen LogP contribution in [0.4, 0.5) is 16.2 Å². The Kier molecular flexibility index (Phi) is 10.2. The Labute approximate surface area is 292 Å². The van der Waals surface area contributed by atoms with Crippen LogP contribution in [0.25, 0.3) is 11.2 Å². The van der Waals surface area contributed by atoms with Gasteiger partial charge in [-0.2, -0.15) is 4.98 Å². The van der Waals surface area contributed by atoms with Crippen molar-refractivity contribution in [3.8, 4) is 0 Å². The molecule has 2 aliphatic heterocycles. The normalized spacial score (nSPS) is 34.6. The van der Waals surface area contributed by atoms with E-state index in [2.05, 4.69) is 54.7 Å². The maximum absolute atomic E-state index is 14.3. The number of ether oxygens (including phenoxy) is 1. The van der Waals surface area contributed by atoms with Gasteiger partial charge < -0.3 is 24.7 Å². The van der Waals surface area contributed by atoms with Crippen molar-refractivity contribution in [3.05, 3.63) is 35.0 Å². The SMILES string of the molecule is CC(C)(C)[Si](C)(C)O[C@H]1[C@H]2O[P@@](=O)(S)OC[C@H]3C[C@@H](Nc4ncncc4F)C[C@@H]3O[P@](=O)(S)OC[C@H]1O[C@H]2n1cnc2c(=O)[nH]c(N)nc21. The zero-order chi connectivity index (χ0) is 35.5. The lowest BCUT2D eigenvalue weighted by molar-refractivity contribution is -0.0482. The first kappa shape index (κ1) is 36.9. The summed E-state index contributed by atoms with van der Waals surface area (Å²) in [4.78, 5) is 31.1. The molecule has 270 valence electrons. The number of nitrogens with one attached hydrogen (secondary N) is 2. The molecule has 3 aromatic heterocycles. The Hall–Kier alpha value is -1.90. The number of nitrogens with two attached hydrogens (primary N) is 1. The Morgan fingerprint density at radius 3 is 2.55 bits per heavy atom. The first-order valence-corrected chi connectivity index (χ1v) is 23.7. The minimum Gasteiger partial charge on any atom is -0.408 e. The fraction of sp³-hybridized carbons (Fsp3) is 0.654.